The molecular weight excluding hydrogens is 583 g/mol. The Labute approximate surface area is 246 Å². The van der Waals surface area contributed by atoms with Crippen LogP contribution in [0.2, 0.25) is 5.02 Å². The summed E-state index contributed by atoms with van der Waals surface area (Å²) in [5, 5.41) is 8.99. The van der Waals surface area contributed by atoms with Crippen LogP contribution in [0, 0.1) is 11.6 Å². The van der Waals surface area contributed by atoms with Gasteiger partial charge >= 0.3 is 6.18 Å². The summed E-state index contributed by atoms with van der Waals surface area (Å²) >= 11 is 6.22. The van der Waals surface area contributed by atoms with Crippen molar-refractivity contribution in [3.63, 3.8) is 0 Å². The van der Waals surface area contributed by atoms with Gasteiger partial charge < -0.3 is 20.9 Å². The molecule has 1 atom stereocenters. The van der Waals surface area contributed by atoms with Crippen molar-refractivity contribution in [1.29, 1.82) is 0 Å². The van der Waals surface area contributed by atoms with Gasteiger partial charge in [-0.25, -0.2) is 8.78 Å². The molecular formula is C28H34ClF5N6O2. The highest BCUT2D eigenvalue weighted by atomic mass is 35.5. The first-order chi connectivity index (χ1) is 19.9. The van der Waals surface area contributed by atoms with Gasteiger partial charge in [-0.15, -0.1) is 0 Å². The number of anilines is 2. The fourth-order valence-corrected chi connectivity index (χ4v) is 5.31. The fraction of sp³-hybridized carbons (Fsp3) is 0.500. The van der Waals surface area contributed by atoms with E-state index >= 15 is 0 Å². The molecule has 2 amide bonds. The lowest BCUT2D eigenvalue weighted by Gasteiger charge is -2.37. The maximum atomic E-state index is 14.9. The molecule has 2 heterocycles. The second kappa shape index (κ2) is 14.0. The number of nitrogens with zero attached hydrogens (tertiary/aromatic N) is 3. The van der Waals surface area contributed by atoms with Crippen LogP contribution in [0.4, 0.5) is 33.3 Å². The van der Waals surface area contributed by atoms with Crippen LogP contribution in [0.5, 0.6) is 0 Å². The molecule has 0 spiro atoms. The number of piperazine rings is 2. The minimum absolute atomic E-state index is 0.0854. The first-order valence-electron chi connectivity index (χ1n) is 13.7. The molecule has 14 heteroatoms. The van der Waals surface area contributed by atoms with E-state index in [1.807, 2.05) is 16.7 Å². The third-order valence-electron chi connectivity index (χ3n) is 7.36. The molecule has 2 aliphatic rings. The molecule has 42 heavy (non-hydrogen) atoms. The number of amides is 2. The molecule has 0 aromatic heterocycles. The van der Waals surface area contributed by atoms with Crippen molar-refractivity contribution < 1.29 is 31.5 Å². The van der Waals surface area contributed by atoms with E-state index in [4.69, 9.17) is 11.6 Å². The molecule has 0 aliphatic carbocycles. The Morgan fingerprint density at radius 3 is 2.48 bits per heavy atom. The van der Waals surface area contributed by atoms with E-state index in [0.717, 1.165) is 18.7 Å². The number of hydrogen-bond donors (Lipinski definition) is 3. The highest BCUT2D eigenvalue weighted by molar-refractivity contribution is 6.31. The summed E-state index contributed by atoms with van der Waals surface area (Å²) in [5.74, 6) is -3.48. The predicted molar refractivity (Wildman–Crippen MR) is 151 cm³/mol. The van der Waals surface area contributed by atoms with Crippen molar-refractivity contribution in [2.24, 2.45) is 0 Å². The number of carbonyl (C=O) groups is 2. The van der Waals surface area contributed by atoms with E-state index in [2.05, 4.69) is 16.0 Å². The summed E-state index contributed by atoms with van der Waals surface area (Å²) in [6.07, 6.45) is -5.12. The van der Waals surface area contributed by atoms with Crippen molar-refractivity contribution in [2.75, 3.05) is 69.1 Å². The second-order valence-electron chi connectivity index (χ2n) is 10.6. The zero-order valence-corrected chi connectivity index (χ0v) is 23.9. The monoisotopic (exact) mass is 616 g/mol. The molecule has 230 valence electrons. The summed E-state index contributed by atoms with van der Waals surface area (Å²) in [6, 6.07) is 6.98. The number of alkyl halides is 3. The van der Waals surface area contributed by atoms with Gasteiger partial charge in [0.1, 0.15) is 0 Å². The van der Waals surface area contributed by atoms with E-state index < -0.39 is 30.1 Å². The smallest absolute Gasteiger partial charge is 0.367 e. The summed E-state index contributed by atoms with van der Waals surface area (Å²) in [6.45, 7) is 5.24. The number of nitrogens with one attached hydrogen (secondary N) is 3. The molecule has 2 aliphatic heterocycles. The van der Waals surface area contributed by atoms with Gasteiger partial charge in [-0.3, -0.25) is 19.4 Å². The summed E-state index contributed by atoms with van der Waals surface area (Å²) in [4.78, 5) is 31.5. The van der Waals surface area contributed by atoms with Crippen molar-refractivity contribution in [3.8, 4) is 0 Å². The first kappa shape index (κ1) is 31.9. The van der Waals surface area contributed by atoms with Gasteiger partial charge in [0, 0.05) is 81.1 Å². The number of halogens is 6. The summed E-state index contributed by atoms with van der Waals surface area (Å²) < 4.78 is 66.9. The largest absolute Gasteiger partial charge is 0.390 e. The van der Waals surface area contributed by atoms with Crippen LogP contribution in [0.1, 0.15) is 29.3 Å². The molecule has 2 fully saturated rings. The second-order valence-corrected chi connectivity index (χ2v) is 11.0. The van der Waals surface area contributed by atoms with Crippen molar-refractivity contribution in [2.45, 2.75) is 32.1 Å². The molecule has 2 aromatic carbocycles. The maximum absolute atomic E-state index is 14.9. The zero-order chi connectivity index (χ0) is 30.4. The number of hydrogen-bond acceptors (Lipinski definition) is 6. The van der Waals surface area contributed by atoms with E-state index in [9.17, 15) is 31.5 Å². The average Bonchev–Trinajstić information content (AvgIpc) is 2.93. The highest BCUT2D eigenvalue weighted by Crippen LogP contribution is 2.31. The maximum Gasteiger partial charge on any atom is 0.390 e. The average molecular weight is 617 g/mol. The standard InChI is InChI=1S/C28H34ClF5N6O2/c1-18-16-39(9-7-35-18)17-25(41)36-15-21-20(3-4-22(30)26(21)31)27(42)37-23-5-2-19(29)14-24(23)40-12-10-38(11-13-40)8-6-28(32,33)34/h2-5,14,18,35H,6-13,15-17H2,1H3,(H,36,41)(H,37,42). The van der Waals surface area contributed by atoms with E-state index in [1.165, 1.54) is 0 Å². The van der Waals surface area contributed by atoms with Gasteiger partial charge in [-0.05, 0) is 37.3 Å². The van der Waals surface area contributed by atoms with Gasteiger partial charge in [-0.1, -0.05) is 11.6 Å². The number of carbonyl (C=O) groups excluding carboxylic acids is 2. The number of rotatable bonds is 9. The molecule has 3 N–H and O–H groups in total. The lowest BCUT2D eigenvalue weighted by atomic mass is 10.0. The Kier molecular flexibility index (Phi) is 10.6. The predicted octanol–water partition coefficient (Wildman–Crippen LogP) is 3.85. The van der Waals surface area contributed by atoms with Gasteiger partial charge in [0.15, 0.2) is 11.6 Å². The highest BCUT2D eigenvalue weighted by Gasteiger charge is 2.29. The Morgan fingerprint density at radius 1 is 1.05 bits per heavy atom. The summed E-state index contributed by atoms with van der Waals surface area (Å²) in [5.41, 5.74) is 0.459. The van der Waals surface area contributed by atoms with Crippen LogP contribution in [-0.2, 0) is 11.3 Å². The third kappa shape index (κ3) is 8.76. The number of benzene rings is 2. The fourth-order valence-electron chi connectivity index (χ4n) is 5.14. The third-order valence-corrected chi connectivity index (χ3v) is 7.59. The van der Waals surface area contributed by atoms with Crippen molar-refractivity contribution in [1.82, 2.24) is 20.4 Å². The van der Waals surface area contributed by atoms with Gasteiger partial charge in [-0.2, -0.15) is 13.2 Å². The molecule has 1 unspecified atom stereocenters. The minimum atomic E-state index is -4.23. The Bertz CT molecular complexity index is 1270. The quantitative estimate of drug-likeness (QED) is 0.372. The van der Waals surface area contributed by atoms with Crippen molar-refractivity contribution in [3.05, 3.63) is 58.1 Å². The van der Waals surface area contributed by atoms with Crippen LogP contribution in [0.25, 0.3) is 0 Å². The minimum Gasteiger partial charge on any atom is -0.367 e. The first-order valence-corrected chi connectivity index (χ1v) is 14.1. The van der Waals surface area contributed by atoms with Crippen LogP contribution < -0.4 is 20.9 Å². The van der Waals surface area contributed by atoms with Gasteiger partial charge in [0.05, 0.1) is 24.3 Å². The molecule has 0 radical (unpaired) electrons. The zero-order valence-electron chi connectivity index (χ0n) is 23.2. The molecule has 2 aromatic rings. The van der Waals surface area contributed by atoms with E-state index in [0.29, 0.717) is 55.7 Å². The van der Waals surface area contributed by atoms with Crippen LogP contribution in [0.3, 0.4) is 0 Å². The topological polar surface area (TPSA) is 80.0 Å². The Morgan fingerprint density at radius 2 is 1.79 bits per heavy atom. The van der Waals surface area contributed by atoms with Crippen LogP contribution in [-0.4, -0.2) is 92.7 Å². The van der Waals surface area contributed by atoms with Gasteiger partial charge in [0.25, 0.3) is 5.91 Å². The van der Waals surface area contributed by atoms with Crippen LogP contribution >= 0.6 is 11.6 Å². The van der Waals surface area contributed by atoms with Crippen molar-refractivity contribution >= 4 is 34.8 Å². The summed E-state index contributed by atoms with van der Waals surface area (Å²) in [7, 11) is 0. The lowest BCUT2D eigenvalue weighted by Crippen LogP contribution is -2.51. The van der Waals surface area contributed by atoms with Gasteiger partial charge in [0.2, 0.25) is 5.91 Å². The van der Waals surface area contributed by atoms with Crippen LogP contribution in [0.15, 0.2) is 30.3 Å². The van der Waals surface area contributed by atoms with E-state index in [-0.39, 0.29) is 42.7 Å². The van der Waals surface area contributed by atoms with E-state index in [1.54, 1.807) is 23.1 Å². The SMILES string of the molecule is CC1CN(CC(=O)NCc2c(C(=O)Nc3ccc(Cl)cc3N3CCN(CCC(F)(F)F)CC3)ccc(F)c2F)CCN1. The molecule has 0 saturated carbocycles. The molecule has 0 bridgehead atoms. The Hall–Kier alpha value is -3.00. The molecule has 2 saturated heterocycles. The normalized spacial score (nSPS) is 18.6. The molecule has 8 nitrogen and oxygen atoms in total. The lowest BCUT2D eigenvalue weighted by molar-refractivity contribution is -0.138. The Balaban J connectivity index is 1.44. The molecule has 4 rings (SSSR count).